The molecule has 2 aromatic rings. The van der Waals surface area contributed by atoms with Crippen LogP contribution in [-0.4, -0.2) is 23.0 Å². The molecule has 0 bridgehead atoms. The number of carbonyl (C=O) groups excluding carboxylic acids is 1. The van der Waals surface area contributed by atoms with Gasteiger partial charge in [-0.05, 0) is 32.4 Å². The smallest absolute Gasteiger partial charge is 0.253 e. The van der Waals surface area contributed by atoms with E-state index in [0.717, 1.165) is 11.1 Å². The Morgan fingerprint density at radius 2 is 1.86 bits per heavy atom. The molecule has 0 saturated carbocycles. The largest absolute Gasteiger partial charge is 0.346 e. The highest BCUT2D eigenvalue weighted by Crippen LogP contribution is 2.20. The third-order valence-corrected chi connectivity index (χ3v) is 3.35. The Bertz CT molecular complexity index is 633. The number of hydrogen-bond acceptors (Lipinski definition) is 3. The van der Waals surface area contributed by atoms with Gasteiger partial charge in [0.05, 0.1) is 5.56 Å². The molecule has 4 nitrogen and oxygen atoms in total. The number of carbonyl (C=O) groups is 1. The van der Waals surface area contributed by atoms with Gasteiger partial charge < -0.3 is 11.1 Å². The summed E-state index contributed by atoms with van der Waals surface area (Å²) in [7, 11) is 0. The van der Waals surface area contributed by atoms with E-state index in [1.54, 1.807) is 12.4 Å². The quantitative estimate of drug-likeness (QED) is 0.906. The number of aromatic nitrogens is 1. The number of pyridine rings is 1. The predicted octanol–water partition coefficient (Wildman–Crippen LogP) is 2.52. The molecule has 0 aliphatic heterocycles. The lowest BCUT2D eigenvalue weighted by Crippen LogP contribution is -2.48. The molecular formula is C17H21N3O. The fourth-order valence-corrected chi connectivity index (χ4v) is 1.90. The molecule has 1 heterocycles. The summed E-state index contributed by atoms with van der Waals surface area (Å²) in [5.74, 6) is -0.160. The lowest BCUT2D eigenvalue weighted by molar-refractivity contribution is 0.0915. The van der Waals surface area contributed by atoms with Crippen LogP contribution in [0.15, 0.2) is 42.7 Å². The van der Waals surface area contributed by atoms with Crippen molar-refractivity contribution in [2.45, 2.75) is 26.3 Å². The molecular weight excluding hydrogens is 262 g/mol. The van der Waals surface area contributed by atoms with Crippen LogP contribution in [0, 0.1) is 6.92 Å². The van der Waals surface area contributed by atoms with Crippen LogP contribution in [0.3, 0.4) is 0 Å². The molecule has 1 aromatic carbocycles. The summed E-state index contributed by atoms with van der Waals surface area (Å²) < 4.78 is 0. The van der Waals surface area contributed by atoms with Crippen molar-refractivity contribution in [1.82, 2.24) is 10.3 Å². The van der Waals surface area contributed by atoms with Gasteiger partial charge in [0.15, 0.2) is 0 Å². The molecule has 0 unspecified atom stereocenters. The first-order valence-electron chi connectivity index (χ1n) is 6.96. The van der Waals surface area contributed by atoms with E-state index >= 15 is 0 Å². The number of benzene rings is 1. The molecule has 0 aliphatic rings. The van der Waals surface area contributed by atoms with Crippen molar-refractivity contribution < 1.29 is 4.79 Å². The van der Waals surface area contributed by atoms with Crippen LogP contribution in [-0.2, 0) is 0 Å². The molecule has 0 atom stereocenters. The monoisotopic (exact) mass is 283 g/mol. The Labute approximate surface area is 125 Å². The number of aryl methyl sites for hydroxylation is 1. The number of rotatable bonds is 4. The highest BCUT2D eigenvalue weighted by atomic mass is 16.1. The van der Waals surface area contributed by atoms with E-state index in [2.05, 4.69) is 10.3 Å². The first kappa shape index (κ1) is 15.2. The van der Waals surface area contributed by atoms with Crippen LogP contribution < -0.4 is 11.1 Å². The molecule has 0 aliphatic carbocycles. The molecule has 0 spiro atoms. The Morgan fingerprint density at radius 3 is 2.48 bits per heavy atom. The predicted molar refractivity (Wildman–Crippen MR) is 85.0 cm³/mol. The minimum absolute atomic E-state index is 0.160. The molecule has 110 valence electrons. The summed E-state index contributed by atoms with van der Waals surface area (Å²) in [5.41, 5.74) is 8.91. The van der Waals surface area contributed by atoms with E-state index in [-0.39, 0.29) is 5.91 Å². The average molecular weight is 283 g/mol. The van der Waals surface area contributed by atoms with Crippen molar-refractivity contribution in [2.75, 3.05) is 6.54 Å². The Kier molecular flexibility index (Phi) is 4.38. The third-order valence-electron chi connectivity index (χ3n) is 3.35. The first-order valence-corrected chi connectivity index (χ1v) is 6.96. The summed E-state index contributed by atoms with van der Waals surface area (Å²) in [6.07, 6.45) is 3.33. The van der Waals surface area contributed by atoms with Crippen LogP contribution in [0.5, 0.6) is 0 Å². The van der Waals surface area contributed by atoms with E-state index < -0.39 is 5.54 Å². The minimum Gasteiger partial charge on any atom is -0.346 e. The van der Waals surface area contributed by atoms with E-state index in [1.807, 2.05) is 51.1 Å². The Hall–Kier alpha value is -2.20. The van der Waals surface area contributed by atoms with Crippen molar-refractivity contribution in [2.24, 2.45) is 5.73 Å². The van der Waals surface area contributed by atoms with Gasteiger partial charge in [0, 0.05) is 30.0 Å². The van der Waals surface area contributed by atoms with Crippen LogP contribution in [0.4, 0.5) is 0 Å². The van der Waals surface area contributed by atoms with Crippen molar-refractivity contribution in [3.63, 3.8) is 0 Å². The Morgan fingerprint density at radius 1 is 1.19 bits per heavy atom. The van der Waals surface area contributed by atoms with Gasteiger partial charge in [-0.3, -0.25) is 9.78 Å². The zero-order chi connectivity index (χ0) is 15.5. The number of nitrogens with zero attached hydrogens (tertiary/aromatic N) is 1. The normalized spacial score (nSPS) is 11.2. The fourth-order valence-electron chi connectivity index (χ4n) is 1.90. The molecule has 4 heteroatoms. The zero-order valence-corrected chi connectivity index (χ0v) is 12.7. The first-order chi connectivity index (χ1) is 9.91. The van der Waals surface area contributed by atoms with E-state index in [4.69, 9.17) is 5.73 Å². The zero-order valence-electron chi connectivity index (χ0n) is 12.7. The second kappa shape index (κ2) is 6.06. The van der Waals surface area contributed by atoms with Crippen molar-refractivity contribution in [3.8, 4) is 11.1 Å². The number of amides is 1. The lowest BCUT2D eigenvalue weighted by atomic mass is 10.0. The highest BCUT2D eigenvalue weighted by Gasteiger charge is 2.19. The maximum atomic E-state index is 12.3. The van der Waals surface area contributed by atoms with E-state index in [0.29, 0.717) is 12.1 Å². The lowest BCUT2D eigenvalue weighted by Gasteiger charge is -2.24. The number of hydrogen-bond donors (Lipinski definition) is 2. The molecule has 0 fully saturated rings. The average Bonchev–Trinajstić information content (AvgIpc) is 2.48. The summed E-state index contributed by atoms with van der Waals surface area (Å²) in [5, 5.41) is 2.91. The van der Waals surface area contributed by atoms with Gasteiger partial charge in [-0.25, -0.2) is 0 Å². The maximum Gasteiger partial charge on any atom is 0.253 e. The van der Waals surface area contributed by atoms with Crippen molar-refractivity contribution in [3.05, 3.63) is 53.9 Å². The molecule has 3 N–H and O–H groups in total. The van der Waals surface area contributed by atoms with Gasteiger partial charge in [-0.2, -0.15) is 0 Å². The van der Waals surface area contributed by atoms with Crippen LogP contribution in [0.1, 0.15) is 29.8 Å². The van der Waals surface area contributed by atoms with Gasteiger partial charge in [0.1, 0.15) is 0 Å². The Balaban J connectivity index is 2.25. The standard InChI is InChI=1S/C17H21N3O/c1-12-4-6-13(7-5-12)14-8-15(10-19-9-14)16(21)20-17(2,3)11-18/h4-10H,11,18H2,1-3H3,(H,20,21). The molecule has 0 radical (unpaired) electrons. The van der Waals surface area contributed by atoms with Gasteiger partial charge in [-0.15, -0.1) is 0 Å². The second-order valence-corrected chi connectivity index (χ2v) is 5.87. The molecule has 1 aromatic heterocycles. The molecule has 2 rings (SSSR count). The van der Waals surface area contributed by atoms with Crippen LogP contribution >= 0.6 is 0 Å². The molecule has 21 heavy (non-hydrogen) atoms. The maximum absolute atomic E-state index is 12.3. The molecule has 1 amide bonds. The number of nitrogens with one attached hydrogen (secondary N) is 1. The van der Waals surface area contributed by atoms with E-state index in [9.17, 15) is 4.79 Å². The third kappa shape index (κ3) is 3.89. The highest BCUT2D eigenvalue weighted by molar-refractivity contribution is 5.95. The van der Waals surface area contributed by atoms with Crippen LogP contribution in [0.2, 0.25) is 0 Å². The SMILES string of the molecule is Cc1ccc(-c2cncc(C(=O)NC(C)(C)CN)c2)cc1. The summed E-state index contributed by atoms with van der Waals surface area (Å²) >= 11 is 0. The summed E-state index contributed by atoms with van der Waals surface area (Å²) in [6.45, 7) is 6.20. The number of nitrogens with two attached hydrogens (primary N) is 1. The summed E-state index contributed by atoms with van der Waals surface area (Å²) in [6, 6.07) is 9.98. The van der Waals surface area contributed by atoms with Crippen molar-refractivity contribution >= 4 is 5.91 Å². The summed E-state index contributed by atoms with van der Waals surface area (Å²) in [4.78, 5) is 16.4. The van der Waals surface area contributed by atoms with Crippen LogP contribution in [0.25, 0.3) is 11.1 Å². The van der Waals surface area contributed by atoms with Gasteiger partial charge >= 0.3 is 0 Å². The second-order valence-electron chi connectivity index (χ2n) is 5.87. The fraction of sp³-hybridized carbons (Fsp3) is 0.294. The van der Waals surface area contributed by atoms with Gasteiger partial charge in [-0.1, -0.05) is 29.8 Å². The topological polar surface area (TPSA) is 68.0 Å². The van der Waals surface area contributed by atoms with Gasteiger partial charge in [0.2, 0.25) is 0 Å². The van der Waals surface area contributed by atoms with Gasteiger partial charge in [0.25, 0.3) is 5.91 Å². The van der Waals surface area contributed by atoms with E-state index in [1.165, 1.54) is 5.56 Å². The minimum atomic E-state index is -0.434. The molecule has 0 saturated heterocycles. The van der Waals surface area contributed by atoms with Crippen molar-refractivity contribution in [1.29, 1.82) is 0 Å².